The highest BCUT2D eigenvalue weighted by molar-refractivity contribution is 7.91. The Balaban J connectivity index is 1.57. The van der Waals surface area contributed by atoms with Crippen LogP contribution in [0.3, 0.4) is 0 Å². The number of rotatable bonds is 21. The molecule has 1 unspecified atom stereocenters. The summed E-state index contributed by atoms with van der Waals surface area (Å²) in [5, 5.41) is 65.6. The van der Waals surface area contributed by atoms with E-state index in [-0.39, 0.29) is 24.5 Å². The number of hydrogen-bond acceptors (Lipinski definition) is 21. The molecule has 342 valence electrons. The van der Waals surface area contributed by atoms with E-state index in [2.05, 4.69) is 0 Å². The van der Waals surface area contributed by atoms with E-state index in [4.69, 9.17) is 57.1 Å². The quantitative estimate of drug-likeness (QED) is 0.0482. The fourth-order valence-electron chi connectivity index (χ4n) is 7.84. The first-order valence-electron chi connectivity index (χ1n) is 20.4. The summed E-state index contributed by atoms with van der Waals surface area (Å²) in [7, 11) is -7.59. The summed E-state index contributed by atoms with van der Waals surface area (Å²) in [5.74, 6) is -1.64. The van der Waals surface area contributed by atoms with Crippen LogP contribution in [0.15, 0.2) is 0 Å². The topological polar surface area (TPSA) is 375 Å². The fraction of sp³-hybridized carbons (Fsp3) is 1.00. The van der Waals surface area contributed by atoms with Crippen LogP contribution in [-0.4, -0.2) is 193 Å². The van der Waals surface area contributed by atoms with Gasteiger partial charge in [-0.2, -0.15) is 0 Å². The van der Waals surface area contributed by atoms with Gasteiger partial charge in [-0.1, -0.05) is 52.4 Å². The molecule has 16 N–H and O–H groups in total. The van der Waals surface area contributed by atoms with Gasteiger partial charge in [0.05, 0.1) is 41.2 Å². The summed E-state index contributed by atoms with van der Waals surface area (Å²) in [4.78, 5) is 0. The van der Waals surface area contributed by atoms with Gasteiger partial charge in [-0.3, -0.25) is 0 Å². The maximum Gasteiger partial charge on any atom is 0.187 e. The number of nitrogens with two attached hydrogens (primary N) is 5. The van der Waals surface area contributed by atoms with Gasteiger partial charge in [-0.15, -0.1) is 0 Å². The van der Waals surface area contributed by atoms with Crippen molar-refractivity contribution in [3.8, 4) is 0 Å². The van der Waals surface area contributed by atoms with Gasteiger partial charge in [0, 0.05) is 18.6 Å². The molecule has 1 saturated carbocycles. The second-order valence-corrected chi connectivity index (χ2v) is 20.6. The van der Waals surface area contributed by atoms with Crippen molar-refractivity contribution in [2.24, 2.45) is 28.7 Å². The van der Waals surface area contributed by atoms with Crippen molar-refractivity contribution in [3.63, 3.8) is 0 Å². The molecule has 0 bridgehead atoms. The van der Waals surface area contributed by atoms with E-state index in [0.717, 1.165) is 25.7 Å². The predicted octanol–water partition coefficient (Wildman–Crippen LogP) is -4.86. The third-order valence-corrected chi connectivity index (χ3v) is 14.9. The van der Waals surface area contributed by atoms with Gasteiger partial charge < -0.3 is 87.7 Å². The zero-order valence-electron chi connectivity index (χ0n) is 33.3. The van der Waals surface area contributed by atoms with Gasteiger partial charge in [0.25, 0.3) is 0 Å². The van der Waals surface area contributed by atoms with Gasteiger partial charge >= 0.3 is 0 Å². The van der Waals surface area contributed by atoms with Crippen LogP contribution >= 0.6 is 0 Å². The number of unbranched alkanes of at least 4 members (excludes halogenated alkanes) is 6. The van der Waals surface area contributed by atoms with Gasteiger partial charge in [-0.25, -0.2) is 16.8 Å². The van der Waals surface area contributed by atoms with Gasteiger partial charge in [0.1, 0.15) is 67.1 Å². The van der Waals surface area contributed by atoms with Crippen LogP contribution in [0.25, 0.3) is 0 Å². The first-order chi connectivity index (χ1) is 27.2. The zero-order chi connectivity index (χ0) is 43.1. The Morgan fingerprint density at radius 2 is 0.966 bits per heavy atom. The lowest BCUT2D eigenvalue weighted by Crippen LogP contribution is -2.68. The Labute approximate surface area is 341 Å². The van der Waals surface area contributed by atoms with Crippen molar-refractivity contribution in [2.75, 3.05) is 29.6 Å². The first kappa shape index (κ1) is 49.9. The van der Waals surface area contributed by atoms with Gasteiger partial charge in [0.15, 0.2) is 38.5 Å². The molecule has 4 aliphatic rings. The average molecular weight is 880 g/mol. The van der Waals surface area contributed by atoms with Crippen LogP contribution in [0, 0.1) is 0 Å². The molecule has 0 spiro atoms. The van der Waals surface area contributed by atoms with Crippen LogP contribution in [0.1, 0.15) is 71.6 Å². The molecule has 58 heavy (non-hydrogen) atoms. The van der Waals surface area contributed by atoms with Crippen LogP contribution < -0.4 is 28.7 Å². The molecule has 4 rings (SSSR count). The summed E-state index contributed by atoms with van der Waals surface area (Å²) < 4.78 is 88.5. The van der Waals surface area contributed by atoms with Crippen molar-refractivity contribution in [3.05, 3.63) is 0 Å². The molecule has 0 aromatic carbocycles. The van der Waals surface area contributed by atoms with E-state index < -0.39 is 147 Å². The molecule has 0 aromatic rings. The normalized spacial score (nSPS) is 42.8. The summed E-state index contributed by atoms with van der Waals surface area (Å²) >= 11 is 0. The molecule has 0 amide bonds. The highest BCUT2D eigenvalue weighted by atomic mass is 32.2. The lowest BCUT2D eigenvalue weighted by atomic mass is 9.84. The Kier molecular flexibility index (Phi) is 18.9. The van der Waals surface area contributed by atoms with Crippen LogP contribution in [0.5, 0.6) is 0 Å². The Hall–Kier alpha value is -0.780. The van der Waals surface area contributed by atoms with Crippen molar-refractivity contribution >= 4 is 19.7 Å². The first-order valence-corrected chi connectivity index (χ1v) is 24.0. The second kappa shape index (κ2) is 22.0. The van der Waals surface area contributed by atoms with E-state index in [0.29, 0.717) is 25.7 Å². The summed E-state index contributed by atoms with van der Waals surface area (Å²) in [6, 6.07) is -4.80. The van der Waals surface area contributed by atoms with E-state index in [9.17, 15) is 47.5 Å². The fourth-order valence-corrected chi connectivity index (χ4v) is 11.0. The number of ether oxygens (including phenoxy) is 6. The summed E-state index contributed by atoms with van der Waals surface area (Å²) in [6.07, 6.45) is -17.4. The minimum Gasteiger partial charge on any atom is -0.389 e. The predicted molar refractivity (Wildman–Crippen MR) is 208 cm³/mol. The molecule has 1 aliphatic carbocycles. The standard InChI is InChI=1S/C35H69N5O16S2/c1-3-5-7-9-11-57(47,48)15-20-26(43)28(45)23(40)34(52-20)54-30-18(38)13-17(37)24(41)32(30)56-35-29(46)31(21(53-35)16-58(49,50)12-10-8-6-4-2)55-33-22(39)27(44)25(42)19(14-36)51-33/h17-35,41-46H,3-16,36-40H2,1-2H3/t17-,18+,19?,20-,21-,22-,23-,24+,25-,26-,27-,28-,29-,30-,31-,32-,33-,34-,35+/m1/s1. The highest BCUT2D eigenvalue weighted by Crippen LogP contribution is 2.35. The number of aliphatic hydroxyl groups excluding tert-OH is 6. The van der Waals surface area contributed by atoms with E-state index in [1.165, 1.54) is 0 Å². The largest absolute Gasteiger partial charge is 0.389 e. The van der Waals surface area contributed by atoms with E-state index >= 15 is 0 Å². The molecular formula is C35H69N5O16S2. The second-order valence-electron chi connectivity index (χ2n) is 16.2. The zero-order valence-corrected chi connectivity index (χ0v) is 35.0. The Morgan fingerprint density at radius 1 is 0.517 bits per heavy atom. The lowest BCUT2D eigenvalue weighted by molar-refractivity contribution is -0.305. The maximum absolute atomic E-state index is 13.3. The number of aliphatic hydroxyl groups is 6. The molecule has 3 aliphatic heterocycles. The van der Waals surface area contributed by atoms with Crippen molar-refractivity contribution < 1.29 is 75.9 Å². The maximum atomic E-state index is 13.3. The van der Waals surface area contributed by atoms with Crippen molar-refractivity contribution in [1.29, 1.82) is 0 Å². The van der Waals surface area contributed by atoms with E-state index in [1.54, 1.807) is 0 Å². The smallest absolute Gasteiger partial charge is 0.187 e. The van der Waals surface area contributed by atoms with Crippen LogP contribution in [-0.2, 0) is 48.1 Å². The number of sulfone groups is 2. The Morgan fingerprint density at radius 3 is 1.48 bits per heavy atom. The van der Waals surface area contributed by atoms with Crippen molar-refractivity contribution in [1.82, 2.24) is 0 Å². The average Bonchev–Trinajstić information content (AvgIpc) is 3.44. The monoisotopic (exact) mass is 879 g/mol. The molecule has 0 radical (unpaired) electrons. The number of hydrogen-bond donors (Lipinski definition) is 11. The molecule has 3 heterocycles. The Bertz CT molecular complexity index is 1470. The summed E-state index contributed by atoms with van der Waals surface area (Å²) in [6.45, 7) is 3.73. The molecule has 4 fully saturated rings. The minimum absolute atomic E-state index is 0.0273. The van der Waals surface area contributed by atoms with Gasteiger partial charge in [-0.05, 0) is 19.3 Å². The minimum atomic E-state index is -3.83. The molecule has 3 saturated heterocycles. The third-order valence-electron chi connectivity index (χ3n) is 11.4. The highest BCUT2D eigenvalue weighted by Gasteiger charge is 2.55. The van der Waals surface area contributed by atoms with E-state index in [1.807, 2.05) is 13.8 Å². The SMILES string of the molecule is CCCCCCS(=O)(=O)C[C@H]1O[C@H](O[C@H]2[C@H](O[C@@H]3O[C@H](CS(=O)(=O)CCCCCC)[C@@H](O[C@H]4OC(CN)[C@@H](O)[C@H](O)[C@H]4N)[C@H]3O)[C@@H](O)[C@H](N)C[C@@H]2N)[C@H](N)[C@@H](O)[C@@H]1O. The molecule has 23 heteroatoms. The molecule has 0 aromatic heterocycles. The van der Waals surface area contributed by atoms with Gasteiger partial charge in [0.2, 0.25) is 0 Å². The molecule has 21 nitrogen and oxygen atoms in total. The van der Waals surface area contributed by atoms with Crippen molar-refractivity contribution in [2.45, 2.75) is 188 Å². The lowest BCUT2D eigenvalue weighted by Gasteiger charge is -2.47. The molecule has 19 atom stereocenters. The van der Waals surface area contributed by atoms with Crippen LogP contribution in [0.2, 0.25) is 0 Å². The third kappa shape index (κ3) is 12.7. The molecular weight excluding hydrogens is 811 g/mol. The summed E-state index contributed by atoms with van der Waals surface area (Å²) in [5.41, 5.74) is 30.7. The van der Waals surface area contributed by atoms with Crippen LogP contribution in [0.4, 0.5) is 0 Å².